The van der Waals surface area contributed by atoms with Gasteiger partial charge in [0.1, 0.15) is 6.04 Å². The number of amides is 2. The van der Waals surface area contributed by atoms with Gasteiger partial charge in [-0.05, 0) is 55.2 Å². The van der Waals surface area contributed by atoms with E-state index in [1.165, 1.54) is 0 Å². The Hall–Kier alpha value is -2.80. The van der Waals surface area contributed by atoms with Crippen molar-refractivity contribution in [2.24, 2.45) is 0 Å². The van der Waals surface area contributed by atoms with Crippen LogP contribution in [0, 0.1) is 6.92 Å². The fourth-order valence-electron chi connectivity index (χ4n) is 2.47. The molecule has 0 aromatic heterocycles. The summed E-state index contributed by atoms with van der Waals surface area (Å²) in [5.41, 5.74) is 2.11. The molecular weight excluding hydrogens is 376 g/mol. The molecule has 148 valence electrons. The van der Waals surface area contributed by atoms with Crippen molar-refractivity contribution in [3.63, 3.8) is 0 Å². The van der Waals surface area contributed by atoms with Crippen LogP contribution >= 0.6 is 11.8 Å². The number of rotatable bonds is 9. The van der Waals surface area contributed by atoms with Crippen LogP contribution in [0.15, 0.2) is 54.6 Å². The van der Waals surface area contributed by atoms with Crippen molar-refractivity contribution in [3.8, 4) is 0 Å². The Bertz CT molecular complexity index is 811. The molecule has 2 aromatic carbocycles. The van der Waals surface area contributed by atoms with Crippen molar-refractivity contribution in [1.29, 1.82) is 0 Å². The average molecular weight is 401 g/mol. The minimum absolute atomic E-state index is 0.354. The average Bonchev–Trinajstić information content (AvgIpc) is 2.69. The van der Waals surface area contributed by atoms with Crippen LogP contribution in [-0.2, 0) is 14.3 Å². The molecule has 0 heterocycles. The molecule has 0 bridgehead atoms. The molecular formula is C21H24N2O4S. The Balaban J connectivity index is 1.90. The Morgan fingerprint density at radius 1 is 1.07 bits per heavy atom. The van der Waals surface area contributed by atoms with Crippen molar-refractivity contribution < 1.29 is 19.1 Å². The van der Waals surface area contributed by atoms with Gasteiger partial charge in [0.25, 0.3) is 11.8 Å². The molecule has 0 aliphatic heterocycles. The Morgan fingerprint density at radius 2 is 1.82 bits per heavy atom. The van der Waals surface area contributed by atoms with Gasteiger partial charge < -0.3 is 15.4 Å². The lowest BCUT2D eigenvalue weighted by molar-refractivity contribution is -0.149. The van der Waals surface area contributed by atoms with Crippen molar-refractivity contribution in [2.75, 3.05) is 23.9 Å². The molecule has 2 rings (SSSR count). The van der Waals surface area contributed by atoms with Crippen molar-refractivity contribution in [1.82, 2.24) is 5.32 Å². The van der Waals surface area contributed by atoms with Gasteiger partial charge in [0.2, 0.25) is 0 Å². The second-order valence-electron chi connectivity index (χ2n) is 6.20. The number of hydrogen-bond acceptors (Lipinski definition) is 5. The molecule has 7 heteroatoms. The van der Waals surface area contributed by atoms with Crippen molar-refractivity contribution >= 4 is 35.2 Å². The Labute approximate surface area is 169 Å². The zero-order chi connectivity index (χ0) is 20.4. The number of carbonyl (C=O) groups excluding carboxylic acids is 3. The first-order chi connectivity index (χ1) is 13.5. The van der Waals surface area contributed by atoms with Gasteiger partial charge in [-0.3, -0.25) is 9.59 Å². The number of ether oxygens (including phenoxy) is 1. The van der Waals surface area contributed by atoms with E-state index in [9.17, 15) is 14.4 Å². The van der Waals surface area contributed by atoms with E-state index >= 15 is 0 Å². The molecule has 0 fully saturated rings. The van der Waals surface area contributed by atoms with E-state index in [-0.39, 0.29) is 5.91 Å². The maximum absolute atomic E-state index is 12.4. The second-order valence-corrected chi connectivity index (χ2v) is 7.18. The summed E-state index contributed by atoms with van der Waals surface area (Å²) in [5.74, 6) is -0.743. The topological polar surface area (TPSA) is 84.5 Å². The number of benzene rings is 2. The largest absolute Gasteiger partial charge is 0.454 e. The molecule has 0 saturated carbocycles. The minimum Gasteiger partial charge on any atom is -0.454 e. The lowest BCUT2D eigenvalue weighted by Gasteiger charge is -2.17. The van der Waals surface area contributed by atoms with E-state index in [0.717, 1.165) is 5.56 Å². The first-order valence-corrected chi connectivity index (χ1v) is 10.3. The molecule has 2 aromatic rings. The van der Waals surface area contributed by atoms with Crippen LogP contribution in [0.2, 0.25) is 0 Å². The predicted molar refractivity (Wildman–Crippen MR) is 111 cm³/mol. The third-order valence-corrected chi connectivity index (χ3v) is 4.53. The van der Waals surface area contributed by atoms with Gasteiger partial charge in [0, 0.05) is 11.3 Å². The number of esters is 1. The molecule has 0 radical (unpaired) electrons. The number of anilines is 1. The van der Waals surface area contributed by atoms with E-state index < -0.39 is 24.5 Å². The smallest absolute Gasteiger partial charge is 0.329 e. The highest BCUT2D eigenvalue weighted by molar-refractivity contribution is 7.98. The quantitative estimate of drug-likeness (QED) is 0.632. The van der Waals surface area contributed by atoms with E-state index in [1.807, 2.05) is 37.4 Å². The van der Waals surface area contributed by atoms with Gasteiger partial charge >= 0.3 is 5.97 Å². The van der Waals surface area contributed by atoms with Crippen LogP contribution in [0.5, 0.6) is 0 Å². The van der Waals surface area contributed by atoms with E-state index in [2.05, 4.69) is 10.6 Å². The normalized spacial score (nSPS) is 11.4. The zero-order valence-corrected chi connectivity index (χ0v) is 16.8. The molecule has 0 unspecified atom stereocenters. The first kappa shape index (κ1) is 21.5. The Kier molecular flexibility index (Phi) is 8.55. The van der Waals surface area contributed by atoms with Crippen molar-refractivity contribution in [2.45, 2.75) is 19.4 Å². The third-order valence-electron chi connectivity index (χ3n) is 3.88. The third kappa shape index (κ3) is 7.08. The highest BCUT2D eigenvalue weighted by Gasteiger charge is 2.23. The summed E-state index contributed by atoms with van der Waals surface area (Å²) < 4.78 is 5.13. The summed E-state index contributed by atoms with van der Waals surface area (Å²) in [5, 5.41) is 5.37. The lowest BCUT2D eigenvalue weighted by Crippen LogP contribution is -2.43. The van der Waals surface area contributed by atoms with Crippen molar-refractivity contribution in [3.05, 3.63) is 65.7 Å². The molecule has 0 spiro atoms. The van der Waals surface area contributed by atoms with Crippen LogP contribution in [0.3, 0.4) is 0 Å². The summed E-state index contributed by atoms with van der Waals surface area (Å²) in [4.78, 5) is 36.8. The first-order valence-electron chi connectivity index (χ1n) is 8.87. The molecule has 0 aliphatic carbocycles. The fraction of sp³-hybridized carbons (Fsp3) is 0.286. The van der Waals surface area contributed by atoms with Gasteiger partial charge in [0.15, 0.2) is 6.61 Å². The van der Waals surface area contributed by atoms with Crippen LogP contribution in [0.1, 0.15) is 22.3 Å². The van der Waals surface area contributed by atoms with Crippen LogP contribution in [0.4, 0.5) is 5.69 Å². The summed E-state index contributed by atoms with van der Waals surface area (Å²) in [6.07, 6.45) is 2.33. The lowest BCUT2D eigenvalue weighted by atomic mass is 10.1. The zero-order valence-electron chi connectivity index (χ0n) is 15.9. The van der Waals surface area contributed by atoms with Crippen LogP contribution in [0.25, 0.3) is 0 Å². The van der Waals surface area contributed by atoms with Gasteiger partial charge in [-0.15, -0.1) is 0 Å². The van der Waals surface area contributed by atoms with Gasteiger partial charge in [0.05, 0.1) is 0 Å². The number of hydrogen-bond donors (Lipinski definition) is 2. The van der Waals surface area contributed by atoms with Crippen LogP contribution < -0.4 is 10.6 Å². The minimum atomic E-state index is -0.813. The number of thioether (sulfide) groups is 1. The molecule has 0 aliphatic rings. The summed E-state index contributed by atoms with van der Waals surface area (Å²) in [7, 11) is 0. The highest BCUT2D eigenvalue weighted by atomic mass is 32.2. The summed E-state index contributed by atoms with van der Waals surface area (Å²) in [6.45, 7) is 1.51. The van der Waals surface area contributed by atoms with E-state index in [0.29, 0.717) is 23.4 Å². The molecule has 6 nitrogen and oxygen atoms in total. The number of aryl methyl sites for hydroxylation is 1. The van der Waals surface area contributed by atoms with Crippen LogP contribution in [-0.4, -0.2) is 42.4 Å². The van der Waals surface area contributed by atoms with Gasteiger partial charge in [-0.25, -0.2) is 4.79 Å². The second kappa shape index (κ2) is 11.1. The highest BCUT2D eigenvalue weighted by Crippen LogP contribution is 2.10. The van der Waals surface area contributed by atoms with E-state index in [4.69, 9.17) is 4.74 Å². The number of carbonyl (C=O) groups is 3. The molecule has 2 amide bonds. The summed E-state index contributed by atoms with van der Waals surface area (Å²) in [6, 6.07) is 15.2. The fourth-order valence-corrected chi connectivity index (χ4v) is 2.94. The van der Waals surface area contributed by atoms with E-state index in [1.54, 1.807) is 42.1 Å². The molecule has 28 heavy (non-hydrogen) atoms. The predicted octanol–water partition coefficient (Wildman–Crippen LogP) is 3.03. The number of nitrogens with one attached hydrogen (secondary N) is 2. The SMILES string of the molecule is CSCC[C@H](NC(=O)c1ccccc1)C(=O)OCC(=O)Nc1cccc(C)c1. The Morgan fingerprint density at radius 3 is 2.50 bits per heavy atom. The van der Waals surface area contributed by atoms with Gasteiger partial charge in [-0.2, -0.15) is 11.8 Å². The standard InChI is InChI=1S/C21H24N2O4S/c1-15-7-6-10-17(13-15)22-19(24)14-27-21(26)18(11-12-28-2)23-20(25)16-8-4-3-5-9-16/h3-10,13,18H,11-12,14H2,1-2H3,(H,22,24)(H,23,25)/t18-/m0/s1. The molecule has 2 N–H and O–H groups in total. The maximum atomic E-state index is 12.4. The maximum Gasteiger partial charge on any atom is 0.329 e. The summed E-state index contributed by atoms with van der Waals surface area (Å²) >= 11 is 1.56. The molecule has 0 saturated heterocycles. The molecule has 1 atom stereocenters. The monoisotopic (exact) mass is 400 g/mol. The van der Waals surface area contributed by atoms with Gasteiger partial charge in [-0.1, -0.05) is 30.3 Å².